The van der Waals surface area contributed by atoms with Crippen LogP contribution in [0, 0.1) is 23.7 Å². The average Bonchev–Trinajstić information content (AvgIpc) is 2.91. The van der Waals surface area contributed by atoms with Crippen molar-refractivity contribution in [2.24, 2.45) is 29.4 Å². The Hall–Kier alpha value is -4.29. The number of rotatable bonds is 4. The molecular formula is C31H34N4O8. The average molecular weight is 591 g/mol. The van der Waals surface area contributed by atoms with E-state index in [9.17, 15) is 39.0 Å². The Morgan fingerprint density at radius 2 is 1.79 bits per heavy atom. The predicted molar refractivity (Wildman–Crippen MR) is 152 cm³/mol. The topological polar surface area (TPSA) is 197 Å². The van der Waals surface area contributed by atoms with E-state index in [-0.39, 0.29) is 35.5 Å². The Kier molecular flexibility index (Phi) is 7.13. The van der Waals surface area contributed by atoms with Gasteiger partial charge < -0.3 is 21.3 Å². The van der Waals surface area contributed by atoms with Gasteiger partial charge in [-0.2, -0.15) is 0 Å². The van der Waals surface area contributed by atoms with Gasteiger partial charge in [-0.05, 0) is 62.0 Å². The molecule has 12 nitrogen and oxygen atoms in total. The first-order chi connectivity index (χ1) is 20.0. The van der Waals surface area contributed by atoms with Crippen LogP contribution in [0.3, 0.4) is 0 Å². The Morgan fingerprint density at radius 1 is 1.12 bits per heavy atom. The third kappa shape index (κ3) is 4.47. The van der Waals surface area contributed by atoms with Crippen molar-refractivity contribution in [3.8, 4) is 5.75 Å². The van der Waals surface area contributed by atoms with Crippen LogP contribution in [0.2, 0.25) is 0 Å². The third-order valence-corrected chi connectivity index (χ3v) is 9.02. The molecular weight excluding hydrogens is 556 g/mol. The van der Waals surface area contributed by atoms with E-state index in [4.69, 9.17) is 5.73 Å². The number of nitrogens with one attached hydrogen (secondary N) is 1. The molecule has 1 aromatic heterocycles. The molecule has 0 aliphatic heterocycles. The minimum absolute atomic E-state index is 0.0155. The molecule has 43 heavy (non-hydrogen) atoms. The summed E-state index contributed by atoms with van der Waals surface area (Å²) in [5.41, 5.74) is 2.67. The lowest BCUT2D eigenvalue weighted by Crippen LogP contribution is -2.74. The fourth-order valence-electron chi connectivity index (χ4n) is 7.04. The maximum Gasteiger partial charge on any atom is 0.274 e. The summed E-state index contributed by atoms with van der Waals surface area (Å²) in [6.07, 6.45) is 1.38. The number of phenols is 1. The second-order valence-corrected chi connectivity index (χ2v) is 12.9. The lowest BCUT2D eigenvalue weighted by molar-refractivity contribution is -0.181. The number of aromatic nitrogens is 1. The zero-order chi connectivity index (χ0) is 31.8. The number of nitrogens with zero attached hydrogens (tertiary/aromatic N) is 2. The standard InChI is InChI=1S/C31H34N4O8/c1-30(2,3)16-12-18(34-29(42)17-8-6-7-9-33-17)14-10-13-11-15-22(35(4)5)25(38)21(28(32)41)27(40)31(15,43)26(39)19(13)24(37)20(14)23(16)36/h6-9,12-13,15,19,21-22,36,43H,10-11H2,1-5H3,(H2,32,41)(H,34,42)/t13?,15?,19?,21?,22-,31-/m0/s1. The normalized spacial score (nSPS) is 28.7. The number of anilines is 1. The van der Waals surface area contributed by atoms with Crippen LogP contribution in [0.5, 0.6) is 5.75 Å². The van der Waals surface area contributed by atoms with Gasteiger partial charge >= 0.3 is 0 Å². The number of ketones is 4. The number of likely N-dealkylation sites (N-methyl/N-ethyl adjacent to an activating group) is 1. The maximum atomic E-state index is 14.2. The number of fused-ring (bicyclic) bond motifs is 3. The van der Waals surface area contributed by atoms with Gasteiger partial charge in [-0.25, -0.2) is 0 Å². The Morgan fingerprint density at radius 3 is 2.35 bits per heavy atom. The lowest BCUT2D eigenvalue weighted by Gasteiger charge is -2.52. The first kappa shape index (κ1) is 30.2. The number of amides is 2. The number of hydrogen-bond acceptors (Lipinski definition) is 10. The summed E-state index contributed by atoms with van der Waals surface area (Å²) in [5, 5.41) is 26.0. The fraction of sp³-hybridized carbons (Fsp3) is 0.452. The van der Waals surface area contributed by atoms with E-state index in [1.54, 1.807) is 39.0 Å². The summed E-state index contributed by atoms with van der Waals surface area (Å²) in [4.78, 5) is 85.9. The molecule has 0 radical (unpaired) electrons. The summed E-state index contributed by atoms with van der Waals surface area (Å²) in [6, 6.07) is 5.21. The van der Waals surface area contributed by atoms with E-state index < -0.39 is 75.7 Å². The Bertz CT molecular complexity index is 1590. The van der Waals surface area contributed by atoms with E-state index in [2.05, 4.69) is 10.3 Å². The van der Waals surface area contributed by atoms with Gasteiger partial charge in [0.2, 0.25) is 5.91 Å². The highest BCUT2D eigenvalue weighted by molar-refractivity contribution is 6.32. The fourth-order valence-corrected chi connectivity index (χ4v) is 7.04. The number of nitrogens with two attached hydrogens (primary N) is 1. The quantitative estimate of drug-likeness (QED) is 0.292. The van der Waals surface area contributed by atoms with Gasteiger partial charge in [0, 0.05) is 23.4 Å². The van der Waals surface area contributed by atoms with E-state index in [0.29, 0.717) is 11.1 Å². The van der Waals surface area contributed by atoms with Crippen molar-refractivity contribution in [3.05, 3.63) is 52.8 Å². The minimum Gasteiger partial charge on any atom is -0.507 e. The monoisotopic (exact) mass is 590 g/mol. The molecule has 2 saturated carbocycles. The third-order valence-electron chi connectivity index (χ3n) is 9.02. The number of Topliss-reactive ketones (excluding diaryl/α,β-unsaturated/α-hetero) is 4. The van der Waals surface area contributed by atoms with E-state index in [1.165, 1.54) is 31.3 Å². The number of benzene rings is 1. The Labute approximate surface area is 247 Å². The van der Waals surface area contributed by atoms with Crippen LogP contribution in [-0.4, -0.2) is 80.8 Å². The van der Waals surface area contributed by atoms with Crippen LogP contribution < -0.4 is 11.1 Å². The van der Waals surface area contributed by atoms with Gasteiger partial charge in [0.05, 0.1) is 17.5 Å². The first-order valence-corrected chi connectivity index (χ1v) is 14.0. The first-order valence-electron chi connectivity index (χ1n) is 14.0. The molecule has 3 aliphatic rings. The number of pyridine rings is 1. The second-order valence-electron chi connectivity index (χ2n) is 12.9. The van der Waals surface area contributed by atoms with Gasteiger partial charge in [0.15, 0.2) is 34.7 Å². The molecule has 5 rings (SSSR count). The Balaban J connectivity index is 1.67. The van der Waals surface area contributed by atoms with Gasteiger partial charge in [-0.1, -0.05) is 26.8 Å². The predicted octanol–water partition coefficient (Wildman–Crippen LogP) is 0.812. The number of phenolic OH excluding ortho intramolecular Hbond substituents is 1. The largest absolute Gasteiger partial charge is 0.507 e. The van der Waals surface area contributed by atoms with Crippen molar-refractivity contribution in [3.63, 3.8) is 0 Å². The van der Waals surface area contributed by atoms with Crippen molar-refractivity contribution < 1.29 is 39.0 Å². The number of aliphatic hydroxyl groups is 1. The van der Waals surface area contributed by atoms with Gasteiger partial charge in [-0.15, -0.1) is 0 Å². The van der Waals surface area contributed by atoms with Crippen molar-refractivity contribution in [2.75, 3.05) is 19.4 Å². The van der Waals surface area contributed by atoms with Gasteiger partial charge in [0.1, 0.15) is 11.4 Å². The molecule has 2 aromatic rings. The molecule has 226 valence electrons. The van der Waals surface area contributed by atoms with Crippen LogP contribution >= 0.6 is 0 Å². The minimum atomic E-state index is -2.82. The SMILES string of the molecule is CN(C)[C@@H]1C(=O)C(C(N)=O)C(=O)[C@@]2(O)C(=O)C3C(=O)c4c(O)c(C(C)(C)C)cc(NC(=O)c5ccccn5)c4CC3CC12. The molecule has 12 heteroatoms. The van der Waals surface area contributed by atoms with Crippen molar-refractivity contribution >= 4 is 40.6 Å². The van der Waals surface area contributed by atoms with E-state index in [1.807, 2.05) is 0 Å². The molecule has 0 bridgehead atoms. The highest BCUT2D eigenvalue weighted by atomic mass is 16.3. The molecule has 3 aliphatic carbocycles. The van der Waals surface area contributed by atoms with Gasteiger partial charge in [-0.3, -0.25) is 38.7 Å². The number of hydrogen-bond donors (Lipinski definition) is 4. The summed E-state index contributed by atoms with van der Waals surface area (Å²) in [5.74, 6) is -11.9. The van der Waals surface area contributed by atoms with Crippen LogP contribution in [-0.2, 0) is 31.0 Å². The molecule has 2 amide bonds. The second kappa shape index (κ2) is 10.2. The molecule has 6 atom stereocenters. The lowest BCUT2D eigenvalue weighted by atomic mass is 9.52. The van der Waals surface area contributed by atoms with Crippen molar-refractivity contribution in [2.45, 2.75) is 50.7 Å². The highest BCUT2D eigenvalue weighted by Crippen LogP contribution is 2.52. The molecule has 5 N–H and O–H groups in total. The molecule has 0 spiro atoms. The van der Waals surface area contributed by atoms with Crippen LogP contribution in [0.4, 0.5) is 5.69 Å². The molecule has 2 fully saturated rings. The zero-order valence-electron chi connectivity index (χ0n) is 24.5. The smallest absolute Gasteiger partial charge is 0.274 e. The molecule has 0 saturated heterocycles. The van der Waals surface area contributed by atoms with Crippen LogP contribution in [0.15, 0.2) is 30.5 Å². The zero-order valence-corrected chi connectivity index (χ0v) is 24.5. The summed E-state index contributed by atoms with van der Waals surface area (Å²) >= 11 is 0. The number of carbonyl (C=O) groups is 6. The molecule has 1 aromatic carbocycles. The van der Waals surface area contributed by atoms with Crippen LogP contribution in [0.25, 0.3) is 0 Å². The number of carbonyl (C=O) groups excluding carboxylic acids is 6. The van der Waals surface area contributed by atoms with Crippen molar-refractivity contribution in [1.82, 2.24) is 9.88 Å². The number of aromatic hydroxyl groups is 1. The highest BCUT2D eigenvalue weighted by Gasteiger charge is 2.69. The molecule has 4 unspecified atom stereocenters. The van der Waals surface area contributed by atoms with Crippen molar-refractivity contribution in [1.29, 1.82) is 0 Å². The maximum absolute atomic E-state index is 14.2. The summed E-state index contributed by atoms with van der Waals surface area (Å²) in [7, 11) is 3.04. The van der Waals surface area contributed by atoms with Gasteiger partial charge in [0.25, 0.3) is 5.91 Å². The molecule has 1 heterocycles. The number of primary amides is 1. The van der Waals surface area contributed by atoms with E-state index in [0.717, 1.165) is 0 Å². The van der Waals surface area contributed by atoms with Crippen LogP contribution in [0.1, 0.15) is 59.2 Å². The summed E-state index contributed by atoms with van der Waals surface area (Å²) < 4.78 is 0. The van der Waals surface area contributed by atoms with E-state index >= 15 is 0 Å². The summed E-state index contributed by atoms with van der Waals surface area (Å²) in [6.45, 7) is 5.41.